The minimum absolute atomic E-state index is 0.136. The van der Waals surface area contributed by atoms with E-state index in [1.165, 1.54) is 18.2 Å². The normalized spacial score (nSPS) is 26.5. The number of hydrogen-bond acceptors (Lipinski definition) is 6. The van der Waals surface area contributed by atoms with Gasteiger partial charge in [-0.1, -0.05) is 6.07 Å². The van der Waals surface area contributed by atoms with Gasteiger partial charge >= 0.3 is 6.36 Å². The van der Waals surface area contributed by atoms with Crippen molar-refractivity contribution in [2.45, 2.75) is 57.2 Å². The van der Waals surface area contributed by atoms with E-state index < -0.39 is 12.4 Å². The van der Waals surface area contributed by atoms with Crippen LogP contribution in [0.2, 0.25) is 0 Å². The van der Waals surface area contributed by atoms with Crippen LogP contribution in [0.3, 0.4) is 0 Å². The van der Waals surface area contributed by atoms with Gasteiger partial charge in [-0.25, -0.2) is 0 Å². The average molecular weight is 472 g/mol. The van der Waals surface area contributed by atoms with Gasteiger partial charge in [0.05, 0.1) is 18.8 Å². The Hall–Kier alpha value is -2.04. The molecule has 2 N–H and O–H groups in total. The standard InChI is InChI=1S/C23H32F3N3O4/c1-16-21(32)29(12-11-28(16)17-3-2-4-19(13-17)33-23(24,25)26)18(15-30)5-9-27-10-8-22(6-7-22)20(31)14-27/h2-4,13,16,18,20,30-31H,5-12,14-15H2,1H3/t16?,18?,20-/m1/s1. The van der Waals surface area contributed by atoms with Crippen molar-refractivity contribution in [3.05, 3.63) is 24.3 Å². The number of anilines is 1. The summed E-state index contributed by atoms with van der Waals surface area (Å²) in [6.07, 6.45) is -1.29. The van der Waals surface area contributed by atoms with Gasteiger partial charge in [-0.05, 0) is 56.7 Å². The number of piperazine rings is 1. The largest absolute Gasteiger partial charge is 0.573 e. The molecule has 0 aromatic heterocycles. The number of benzene rings is 1. The van der Waals surface area contributed by atoms with Crippen LogP contribution >= 0.6 is 0 Å². The molecule has 1 aliphatic carbocycles. The molecule has 7 nitrogen and oxygen atoms in total. The number of rotatable bonds is 7. The minimum atomic E-state index is -4.78. The SMILES string of the molecule is CC1C(=O)N(C(CO)CCN2CCC3(CC3)[C@H](O)C2)CCN1c1cccc(OC(F)(F)F)c1. The summed E-state index contributed by atoms with van der Waals surface area (Å²) >= 11 is 0. The van der Waals surface area contributed by atoms with E-state index in [1.807, 2.05) is 0 Å². The Bertz CT molecular complexity index is 848. The number of β-amino-alcohol motifs (C(OH)–C–C–N with tert-alkyl or cyclic N) is 1. The van der Waals surface area contributed by atoms with E-state index in [0.29, 0.717) is 38.3 Å². The summed E-state index contributed by atoms with van der Waals surface area (Å²) in [6.45, 7) is 4.60. The highest BCUT2D eigenvalue weighted by atomic mass is 19.4. The van der Waals surface area contributed by atoms with Gasteiger partial charge in [0.25, 0.3) is 0 Å². The summed E-state index contributed by atoms with van der Waals surface area (Å²) < 4.78 is 41.7. The molecule has 0 radical (unpaired) electrons. The Morgan fingerprint density at radius 2 is 1.97 bits per heavy atom. The minimum Gasteiger partial charge on any atom is -0.406 e. The summed E-state index contributed by atoms with van der Waals surface area (Å²) in [4.78, 5) is 18.8. The molecule has 3 aliphatic rings. The molecule has 2 heterocycles. The number of likely N-dealkylation sites (tertiary alicyclic amines) is 1. The van der Waals surface area contributed by atoms with Crippen LogP contribution in [0, 0.1) is 5.41 Å². The molecule has 0 bridgehead atoms. The summed E-state index contributed by atoms with van der Waals surface area (Å²) in [5.74, 6) is -0.495. The van der Waals surface area contributed by atoms with Crippen molar-refractivity contribution < 1.29 is 32.9 Å². The van der Waals surface area contributed by atoms with Gasteiger partial charge in [-0.2, -0.15) is 0 Å². The molecule has 1 aromatic rings. The summed E-state index contributed by atoms with van der Waals surface area (Å²) in [6, 6.07) is 4.71. The lowest BCUT2D eigenvalue weighted by Crippen LogP contribution is -2.60. The highest BCUT2D eigenvalue weighted by molar-refractivity contribution is 5.86. The number of nitrogens with zero attached hydrogens (tertiary/aromatic N) is 3. The third-order valence-corrected chi connectivity index (χ3v) is 7.46. The summed E-state index contributed by atoms with van der Waals surface area (Å²) in [5.41, 5.74) is 0.617. The van der Waals surface area contributed by atoms with Gasteiger partial charge in [-0.15, -0.1) is 13.2 Å². The topological polar surface area (TPSA) is 76.5 Å². The van der Waals surface area contributed by atoms with Crippen LogP contribution in [0.4, 0.5) is 18.9 Å². The van der Waals surface area contributed by atoms with Crippen molar-refractivity contribution >= 4 is 11.6 Å². The summed E-state index contributed by atoms with van der Waals surface area (Å²) in [7, 11) is 0. The third-order valence-electron chi connectivity index (χ3n) is 7.46. The van der Waals surface area contributed by atoms with E-state index in [9.17, 15) is 28.2 Å². The van der Waals surface area contributed by atoms with Crippen molar-refractivity contribution in [3.63, 3.8) is 0 Å². The fourth-order valence-corrected chi connectivity index (χ4v) is 5.17. The molecule has 1 amide bonds. The van der Waals surface area contributed by atoms with Gasteiger partial charge in [-0.3, -0.25) is 4.79 Å². The Labute approximate surface area is 191 Å². The zero-order valence-corrected chi connectivity index (χ0v) is 18.8. The zero-order chi connectivity index (χ0) is 23.8. The summed E-state index contributed by atoms with van der Waals surface area (Å²) in [5, 5.41) is 20.4. The predicted octanol–water partition coefficient (Wildman–Crippen LogP) is 2.22. The number of ether oxygens (including phenoxy) is 1. The maximum absolute atomic E-state index is 13.1. The van der Waals surface area contributed by atoms with Crippen LogP contribution in [0.25, 0.3) is 0 Å². The molecular weight excluding hydrogens is 439 g/mol. The fraction of sp³-hybridized carbons (Fsp3) is 0.696. The van der Waals surface area contributed by atoms with Crippen molar-refractivity contribution in [2.24, 2.45) is 5.41 Å². The van der Waals surface area contributed by atoms with E-state index in [1.54, 1.807) is 22.8 Å². The van der Waals surface area contributed by atoms with E-state index in [-0.39, 0.29) is 35.8 Å². The molecule has 184 valence electrons. The van der Waals surface area contributed by atoms with Crippen LogP contribution in [-0.2, 0) is 4.79 Å². The first kappa shape index (κ1) is 24.1. The smallest absolute Gasteiger partial charge is 0.406 e. The highest BCUT2D eigenvalue weighted by Crippen LogP contribution is 2.53. The van der Waals surface area contributed by atoms with Gasteiger partial charge in [0.15, 0.2) is 0 Å². The second-order valence-corrected chi connectivity index (χ2v) is 9.50. The number of aliphatic hydroxyl groups is 2. The molecule has 1 spiro atoms. The molecule has 2 aliphatic heterocycles. The van der Waals surface area contributed by atoms with E-state index >= 15 is 0 Å². The number of carbonyl (C=O) groups excluding carboxylic acids is 1. The first-order chi connectivity index (χ1) is 15.6. The lowest BCUT2D eigenvalue weighted by Gasteiger charge is -2.44. The van der Waals surface area contributed by atoms with Crippen LogP contribution in [0.15, 0.2) is 24.3 Å². The molecule has 3 fully saturated rings. The van der Waals surface area contributed by atoms with Crippen molar-refractivity contribution in [2.75, 3.05) is 44.2 Å². The number of hydrogen-bond donors (Lipinski definition) is 2. The monoisotopic (exact) mass is 471 g/mol. The molecule has 33 heavy (non-hydrogen) atoms. The quantitative estimate of drug-likeness (QED) is 0.635. The molecule has 3 atom stereocenters. The molecule has 2 unspecified atom stereocenters. The highest BCUT2D eigenvalue weighted by Gasteiger charge is 2.51. The molecular formula is C23H32F3N3O4. The molecule has 1 aromatic carbocycles. The Morgan fingerprint density at radius 3 is 2.61 bits per heavy atom. The predicted molar refractivity (Wildman–Crippen MR) is 116 cm³/mol. The van der Waals surface area contributed by atoms with Gasteiger partial charge < -0.3 is 29.6 Å². The van der Waals surface area contributed by atoms with E-state index in [2.05, 4.69) is 9.64 Å². The Morgan fingerprint density at radius 1 is 1.21 bits per heavy atom. The molecule has 1 saturated carbocycles. The number of amides is 1. The number of halogens is 3. The van der Waals surface area contributed by atoms with Gasteiger partial charge in [0.1, 0.15) is 11.8 Å². The third kappa shape index (κ3) is 5.38. The van der Waals surface area contributed by atoms with Crippen LogP contribution in [0.1, 0.15) is 32.6 Å². The zero-order valence-electron chi connectivity index (χ0n) is 18.8. The first-order valence-corrected chi connectivity index (χ1v) is 11.6. The van der Waals surface area contributed by atoms with Crippen LogP contribution in [-0.4, -0.2) is 89.8 Å². The first-order valence-electron chi connectivity index (χ1n) is 11.6. The van der Waals surface area contributed by atoms with E-state index in [4.69, 9.17) is 0 Å². The molecule has 2 saturated heterocycles. The Balaban J connectivity index is 1.35. The van der Waals surface area contributed by atoms with Crippen molar-refractivity contribution in [1.29, 1.82) is 0 Å². The van der Waals surface area contributed by atoms with E-state index in [0.717, 1.165) is 25.8 Å². The van der Waals surface area contributed by atoms with Gasteiger partial charge in [0, 0.05) is 37.9 Å². The maximum atomic E-state index is 13.1. The van der Waals surface area contributed by atoms with Crippen molar-refractivity contribution in [3.8, 4) is 5.75 Å². The molecule has 4 rings (SSSR count). The Kier molecular flexibility index (Phi) is 6.80. The lowest BCUT2D eigenvalue weighted by molar-refractivity contribution is -0.274. The maximum Gasteiger partial charge on any atom is 0.573 e. The van der Waals surface area contributed by atoms with Crippen LogP contribution in [0.5, 0.6) is 5.75 Å². The number of carbonyl (C=O) groups is 1. The van der Waals surface area contributed by atoms with Crippen molar-refractivity contribution in [1.82, 2.24) is 9.80 Å². The average Bonchev–Trinajstić information content (AvgIpc) is 3.54. The number of piperidine rings is 1. The number of alkyl halides is 3. The lowest BCUT2D eigenvalue weighted by atomic mass is 9.90. The molecule has 10 heteroatoms. The second-order valence-electron chi connectivity index (χ2n) is 9.50. The number of aliphatic hydroxyl groups excluding tert-OH is 2. The van der Waals surface area contributed by atoms with Gasteiger partial charge in [0.2, 0.25) is 5.91 Å². The fourth-order valence-electron chi connectivity index (χ4n) is 5.17. The van der Waals surface area contributed by atoms with Crippen LogP contribution < -0.4 is 9.64 Å². The second kappa shape index (κ2) is 9.31.